The van der Waals surface area contributed by atoms with E-state index < -0.39 is 29.9 Å². The second-order valence-electron chi connectivity index (χ2n) is 15.7. The number of rotatable bonds is 14. The number of hydrogen-bond donors (Lipinski definition) is 8. The SMILES string of the molecule is Cc1cc2[nH]c1C=c1[nH]c(c(CCC(=O)O)c1C)=Cc1[nH]c(c(C)c1CCC(=O)O)C=c1cc(C)c([nH]1)=C2C(=O)[C@H](Cc1ccccc1)NC(=O)[C@@H](N)Cc1ccccc1. The topological polar surface area (TPSA) is 210 Å². The average Bonchev–Trinajstić information content (AvgIpc) is 3.93. The molecule has 0 unspecified atom stereocenters. The molecule has 5 heterocycles. The van der Waals surface area contributed by atoms with Crippen LogP contribution >= 0.6 is 0 Å². The highest BCUT2D eigenvalue weighted by Crippen LogP contribution is 2.24. The summed E-state index contributed by atoms with van der Waals surface area (Å²) < 4.78 is 0. The zero-order chi connectivity index (χ0) is 42.7. The first-order valence-corrected chi connectivity index (χ1v) is 20.1. The lowest BCUT2D eigenvalue weighted by Crippen LogP contribution is -2.50. The van der Waals surface area contributed by atoms with Crippen LogP contribution in [0.3, 0.4) is 0 Å². The second-order valence-corrected chi connectivity index (χ2v) is 15.7. The monoisotopic (exact) mass is 806 g/mol. The highest BCUT2D eigenvalue weighted by molar-refractivity contribution is 6.23. The molecule has 1 amide bonds. The Hall–Kier alpha value is -6.92. The second kappa shape index (κ2) is 17.5. The van der Waals surface area contributed by atoms with Crippen molar-refractivity contribution in [2.75, 3.05) is 0 Å². The number of carbonyl (C=O) groups excluding carboxylic acids is 2. The fourth-order valence-corrected chi connectivity index (χ4v) is 8.09. The normalized spacial score (nSPS) is 13.1. The summed E-state index contributed by atoms with van der Waals surface area (Å²) in [7, 11) is 0. The molecule has 1 aliphatic heterocycles. The number of ketones is 1. The molecule has 7 rings (SSSR count). The number of aliphatic carboxylic acids is 2. The number of Topliss-reactive ketones (excluding diaryl/α,β-unsaturated/α-hetero) is 1. The fraction of sp³-hybridized carbons (Fsp3) is 0.250. The molecule has 0 radical (unpaired) electrons. The molecule has 308 valence electrons. The van der Waals surface area contributed by atoms with Crippen molar-refractivity contribution in [2.45, 2.75) is 78.3 Å². The number of aryl methyl sites for hydroxylation is 2. The van der Waals surface area contributed by atoms with Gasteiger partial charge in [0.25, 0.3) is 0 Å². The first-order chi connectivity index (χ1) is 28.7. The maximum atomic E-state index is 15.3. The van der Waals surface area contributed by atoms with Crippen molar-refractivity contribution >= 4 is 47.4 Å². The molecule has 8 bridgehead atoms. The number of benzene rings is 2. The Labute approximate surface area is 346 Å². The number of nitrogens with two attached hydrogens (primary N) is 1. The molecule has 2 atom stereocenters. The Morgan fingerprint density at radius 2 is 1.27 bits per heavy atom. The number of carbonyl (C=O) groups is 4. The zero-order valence-electron chi connectivity index (χ0n) is 34.2. The van der Waals surface area contributed by atoms with Crippen molar-refractivity contribution < 1.29 is 29.4 Å². The first-order valence-electron chi connectivity index (χ1n) is 20.1. The molecule has 60 heavy (non-hydrogen) atoms. The van der Waals surface area contributed by atoms with Gasteiger partial charge in [0.1, 0.15) is 0 Å². The van der Waals surface area contributed by atoms with Gasteiger partial charge in [0.2, 0.25) is 5.91 Å². The van der Waals surface area contributed by atoms with Crippen LogP contribution in [0.25, 0.3) is 23.8 Å². The van der Waals surface area contributed by atoms with E-state index in [1.807, 2.05) is 119 Å². The number of carboxylic acids is 2. The number of carboxylic acid groups (broad SMARTS) is 2. The van der Waals surface area contributed by atoms with Crippen molar-refractivity contribution in [1.82, 2.24) is 25.3 Å². The quantitative estimate of drug-likeness (QED) is 0.0824. The Balaban J connectivity index is 1.44. The van der Waals surface area contributed by atoms with E-state index in [0.29, 0.717) is 39.4 Å². The van der Waals surface area contributed by atoms with Gasteiger partial charge in [-0.25, -0.2) is 0 Å². The van der Waals surface area contributed by atoms with Gasteiger partial charge < -0.3 is 41.2 Å². The molecule has 12 nitrogen and oxygen atoms in total. The molecular weight excluding hydrogens is 757 g/mol. The van der Waals surface area contributed by atoms with Crippen molar-refractivity contribution in [3.63, 3.8) is 0 Å². The molecule has 0 fully saturated rings. The van der Waals surface area contributed by atoms with Crippen LogP contribution in [0, 0.1) is 27.7 Å². The van der Waals surface area contributed by atoms with Gasteiger partial charge >= 0.3 is 11.9 Å². The number of H-pyrrole nitrogens is 4. The standard InChI is InChI=1S/C48H50N6O6/c1-26-20-41-45(47(59)42(22-31-13-9-6-10-14-31)54-48(60)35(49)21-30-11-7-5-8-12-30)46-27(2)19-32(50-46)23-37-28(3)33(15-17-43(55)56)39(52-37)25-40-34(16-18-44(57)58)29(4)38(53-40)24-36(26)51-41/h5-14,19-20,23-25,35,42,50-53H,15-18,21-22,49H2,1-4H3,(H,54,60)(H,55,56)(H,57,58)/t35-,42-/m0/s1. The molecule has 0 saturated heterocycles. The number of fused-ring (bicyclic) bond motifs is 8. The minimum atomic E-state index is -0.987. The zero-order valence-corrected chi connectivity index (χ0v) is 34.2. The maximum absolute atomic E-state index is 15.3. The fourth-order valence-electron chi connectivity index (χ4n) is 8.09. The van der Waals surface area contributed by atoms with Gasteiger partial charge in [-0.15, -0.1) is 0 Å². The van der Waals surface area contributed by atoms with Crippen LogP contribution in [0.5, 0.6) is 0 Å². The Morgan fingerprint density at radius 3 is 1.92 bits per heavy atom. The van der Waals surface area contributed by atoms with Crippen molar-refractivity contribution in [3.8, 4) is 0 Å². The number of amides is 1. The molecule has 12 heteroatoms. The lowest BCUT2D eigenvalue weighted by molar-refractivity contribution is -0.138. The van der Waals surface area contributed by atoms with Crippen molar-refractivity contribution in [3.05, 3.63) is 161 Å². The molecule has 0 spiro atoms. The molecule has 0 saturated carbocycles. The van der Waals surface area contributed by atoms with E-state index in [2.05, 4.69) is 25.3 Å². The summed E-state index contributed by atoms with van der Waals surface area (Å²) >= 11 is 0. The predicted molar refractivity (Wildman–Crippen MR) is 231 cm³/mol. The summed E-state index contributed by atoms with van der Waals surface area (Å²) in [5, 5.41) is 25.1. The third-order valence-electron chi connectivity index (χ3n) is 11.4. The third-order valence-corrected chi connectivity index (χ3v) is 11.4. The van der Waals surface area contributed by atoms with E-state index in [9.17, 15) is 24.6 Å². The summed E-state index contributed by atoms with van der Waals surface area (Å²) in [4.78, 5) is 66.8. The van der Waals surface area contributed by atoms with Gasteiger partial charge in [0.05, 0.1) is 28.7 Å². The molecule has 0 aliphatic carbocycles. The average molecular weight is 807 g/mol. The maximum Gasteiger partial charge on any atom is 0.303 e. The van der Waals surface area contributed by atoms with Gasteiger partial charge in [-0.2, -0.15) is 0 Å². The van der Waals surface area contributed by atoms with Crippen molar-refractivity contribution in [1.29, 1.82) is 0 Å². The molecule has 6 aromatic rings. The van der Waals surface area contributed by atoms with Gasteiger partial charge in [0, 0.05) is 52.4 Å². The van der Waals surface area contributed by atoms with Crippen LogP contribution in [0.1, 0.15) is 80.1 Å². The Kier molecular flexibility index (Phi) is 12.0. The van der Waals surface area contributed by atoms with Crippen LogP contribution in [-0.4, -0.2) is 65.9 Å². The van der Waals surface area contributed by atoms with E-state index in [4.69, 9.17) is 5.73 Å². The molecule has 9 N–H and O–H groups in total. The summed E-state index contributed by atoms with van der Waals surface area (Å²) in [5.41, 5.74) is 16.4. The number of aromatic amines is 4. The molecule has 4 aromatic heterocycles. The molecular formula is C48H50N6O6. The van der Waals surface area contributed by atoms with E-state index >= 15 is 4.79 Å². The van der Waals surface area contributed by atoms with Gasteiger partial charge in [-0.05, 0) is 122 Å². The summed E-state index contributed by atoms with van der Waals surface area (Å²) in [6.45, 7) is 7.76. The van der Waals surface area contributed by atoms with Gasteiger partial charge in [-0.1, -0.05) is 60.7 Å². The third kappa shape index (κ3) is 9.03. The predicted octanol–water partition coefficient (Wildman–Crippen LogP) is 3.13. The summed E-state index contributed by atoms with van der Waals surface area (Å²) in [5.74, 6) is -2.60. The number of hydrogen-bond acceptors (Lipinski definition) is 5. The minimum Gasteiger partial charge on any atom is -0.481 e. The lowest BCUT2D eigenvalue weighted by Gasteiger charge is -2.22. The van der Waals surface area contributed by atoms with E-state index in [-0.39, 0.29) is 37.9 Å². The number of nitrogens with one attached hydrogen (secondary N) is 5. The van der Waals surface area contributed by atoms with Crippen LogP contribution in [0.2, 0.25) is 0 Å². The molecule has 2 aromatic carbocycles. The highest BCUT2D eigenvalue weighted by Gasteiger charge is 2.30. The van der Waals surface area contributed by atoms with Crippen LogP contribution in [-0.2, 0) is 44.9 Å². The Bertz CT molecular complexity index is 2860. The lowest BCUT2D eigenvalue weighted by atomic mass is 9.94. The summed E-state index contributed by atoms with van der Waals surface area (Å²) in [6.07, 6.45) is 6.73. The van der Waals surface area contributed by atoms with Crippen molar-refractivity contribution in [2.24, 2.45) is 5.73 Å². The smallest absolute Gasteiger partial charge is 0.303 e. The van der Waals surface area contributed by atoms with E-state index in [0.717, 1.165) is 61.2 Å². The van der Waals surface area contributed by atoms with Crippen LogP contribution < -0.4 is 32.4 Å². The highest BCUT2D eigenvalue weighted by atomic mass is 16.4. The Morgan fingerprint density at radius 1 is 0.650 bits per heavy atom. The van der Waals surface area contributed by atoms with Crippen LogP contribution in [0.4, 0.5) is 0 Å². The van der Waals surface area contributed by atoms with Gasteiger partial charge in [-0.3, -0.25) is 19.2 Å². The van der Waals surface area contributed by atoms with Gasteiger partial charge in [0.15, 0.2) is 5.78 Å². The minimum absolute atomic E-state index is 0.0775. The van der Waals surface area contributed by atoms with Crippen LogP contribution in [0.15, 0.2) is 72.8 Å². The number of aromatic nitrogens is 4. The van der Waals surface area contributed by atoms with E-state index in [1.54, 1.807) is 0 Å². The van der Waals surface area contributed by atoms with E-state index in [1.165, 1.54) is 0 Å². The first kappa shape index (κ1) is 41.2. The molecule has 1 aliphatic rings. The summed E-state index contributed by atoms with van der Waals surface area (Å²) in [6, 6.07) is 21.0. The largest absolute Gasteiger partial charge is 0.481 e.